The van der Waals surface area contributed by atoms with Gasteiger partial charge in [-0.25, -0.2) is 9.69 Å². The fourth-order valence-electron chi connectivity index (χ4n) is 4.89. The molecule has 0 N–H and O–H groups in total. The van der Waals surface area contributed by atoms with Crippen LogP contribution in [0.5, 0.6) is 0 Å². The van der Waals surface area contributed by atoms with Crippen molar-refractivity contribution in [1.29, 1.82) is 0 Å². The van der Waals surface area contributed by atoms with E-state index in [1.54, 1.807) is 23.1 Å². The highest BCUT2D eigenvalue weighted by molar-refractivity contribution is 6.42. The van der Waals surface area contributed by atoms with Crippen LogP contribution in [-0.2, 0) is 9.53 Å². The van der Waals surface area contributed by atoms with Crippen molar-refractivity contribution in [3.63, 3.8) is 0 Å². The molecule has 3 fully saturated rings. The lowest BCUT2D eigenvalue weighted by Crippen LogP contribution is -2.57. The number of halogens is 2. The molecular formula is C21H27Cl2N3O3. The summed E-state index contributed by atoms with van der Waals surface area (Å²) in [4.78, 5) is 32.1. The molecule has 1 aromatic rings. The second-order valence-electron chi connectivity index (χ2n) is 8.15. The van der Waals surface area contributed by atoms with Gasteiger partial charge < -0.3 is 14.5 Å². The van der Waals surface area contributed by atoms with Crippen molar-refractivity contribution in [2.24, 2.45) is 5.92 Å². The summed E-state index contributed by atoms with van der Waals surface area (Å²) >= 11 is 12.1. The molecule has 3 aliphatic rings. The summed E-state index contributed by atoms with van der Waals surface area (Å²) in [6.45, 7) is 6.81. The van der Waals surface area contributed by atoms with E-state index < -0.39 is 5.54 Å². The number of piperidine rings is 1. The van der Waals surface area contributed by atoms with Crippen LogP contribution in [0.1, 0.15) is 32.6 Å². The molecule has 3 aliphatic heterocycles. The lowest BCUT2D eigenvalue weighted by Gasteiger charge is -2.43. The van der Waals surface area contributed by atoms with Crippen molar-refractivity contribution < 1.29 is 14.3 Å². The van der Waals surface area contributed by atoms with E-state index >= 15 is 0 Å². The third-order valence-electron chi connectivity index (χ3n) is 6.56. The number of rotatable bonds is 4. The van der Waals surface area contributed by atoms with Gasteiger partial charge in [-0.15, -0.1) is 0 Å². The minimum atomic E-state index is -0.760. The summed E-state index contributed by atoms with van der Waals surface area (Å²) in [5.74, 6) is 0.516. The van der Waals surface area contributed by atoms with Crippen molar-refractivity contribution in [3.8, 4) is 0 Å². The Bertz CT molecular complexity index is 789. The highest BCUT2D eigenvalue weighted by Crippen LogP contribution is 2.40. The lowest BCUT2D eigenvalue weighted by molar-refractivity contribution is -0.127. The molecule has 0 atom stereocenters. The van der Waals surface area contributed by atoms with Crippen LogP contribution >= 0.6 is 23.2 Å². The Hall–Kier alpha value is -1.34. The normalized spacial score (nSPS) is 23.4. The van der Waals surface area contributed by atoms with E-state index in [9.17, 15) is 9.59 Å². The highest BCUT2D eigenvalue weighted by atomic mass is 35.5. The highest BCUT2D eigenvalue weighted by Gasteiger charge is 2.57. The Morgan fingerprint density at radius 1 is 1.10 bits per heavy atom. The van der Waals surface area contributed by atoms with Crippen molar-refractivity contribution in [1.82, 2.24) is 9.80 Å². The molecule has 3 amide bonds. The number of hydrogen-bond donors (Lipinski definition) is 0. The molecule has 3 heterocycles. The van der Waals surface area contributed by atoms with E-state index in [2.05, 4.69) is 4.90 Å². The standard InChI is InChI=1S/C21H27Cl2N3O3/c1-2-25-20(28)26(16-3-4-17(22)18(23)13-16)19(27)21(25)7-9-24(10-8-21)14-15-5-11-29-12-6-15/h3-4,13,15H,2,5-12,14H2,1H3. The van der Waals surface area contributed by atoms with Crippen LogP contribution in [0.3, 0.4) is 0 Å². The molecule has 4 rings (SSSR count). The van der Waals surface area contributed by atoms with E-state index in [-0.39, 0.29) is 11.9 Å². The fraction of sp³-hybridized carbons (Fsp3) is 0.619. The van der Waals surface area contributed by atoms with Crippen LogP contribution in [0.15, 0.2) is 18.2 Å². The van der Waals surface area contributed by atoms with Crippen molar-refractivity contribution in [2.45, 2.75) is 38.1 Å². The number of nitrogens with zero attached hydrogens (tertiary/aromatic N) is 3. The molecule has 1 aromatic carbocycles. The van der Waals surface area contributed by atoms with Gasteiger partial charge in [-0.05, 0) is 56.7 Å². The van der Waals surface area contributed by atoms with E-state index in [1.807, 2.05) is 6.92 Å². The number of ether oxygens (including phenoxy) is 1. The van der Waals surface area contributed by atoms with Crippen LogP contribution in [0, 0.1) is 5.92 Å². The van der Waals surface area contributed by atoms with Gasteiger partial charge in [0.25, 0.3) is 5.91 Å². The zero-order valence-electron chi connectivity index (χ0n) is 16.7. The number of amides is 3. The summed E-state index contributed by atoms with van der Waals surface area (Å²) in [5, 5.41) is 0.734. The summed E-state index contributed by atoms with van der Waals surface area (Å²) in [7, 11) is 0. The maximum absolute atomic E-state index is 13.5. The van der Waals surface area contributed by atoms with Crippen LogP contribution in [0.2, 0.25) is 10.0 Å². The fourth-order valence-corrected chi connectivity index (χ4v) is 5.18. The number of carbonyl (C=O) groups is 2. The number of urea groups is 1. The number of likely N-dealkylation sites (N-methyl/N-ethyl adjacent to an activating group) is 1. The van der Waals surface area contributed by atoms with Gasteiger partial charge >= 0.3 is 6.03 Å². The van der Waals surface area contributed by atoms with E-state index in [0.29, 0.717) is 41.0 Å². The number of benzene rings is 1. The van der Waals surface area contributed by atoms with Gasteiger partial charge in [-0.1, -0.05) is 23.2 Å². The van der Waals surface area contributed by atoms with Gasteiger partial charge in [-0.2, -0.15) is 0 Å². The van der Waals surface area contributed by atoms with Crippen LogP contribution in [0.4, 0.5) is 10.5 Å². The zero-order chi connectivity index (χ0) is 20.6. The molecule has 0 radical (unpaired) electrons. The molecular weight excluding hydrogens is 413 g/mol. The molecule has 0 aliphatic carbocycles. The molecule has 29 heavy (non-hydrogen) atoms. The van der Waals surface area contributed by atoms with Crippen LogP contribution < -0.4 is 4.90 Å². The van der Waals surface area contributed by atoms with Crippen molar-refractivity contribution >= 4 is 40.8 Å². The number of carbonyl (C=O) groups excluding carboxylic acids is 2. The SMILES string of the molecule is CCN1C(=O)N(c2ccc(Cl)c(Cl)c2)C(=O)C12CCN(CC1CCOCC1)CC2. The van der Waals surface area contributed by atoms with E-state index in [1.165, 1.54) is 4.90 Å². The summed E-state index contributed by atoms with van der Waals surface area (Å²) < 4.78 is 5.46. The quantitative estimate of drug-likeness (QED) is 0.664. The smallest absolute Gasteiger partial charge is 0.332 e. The first-order valence-corrected chi connectivity index (χ1v) is 11.1. The molecule has 158 valence electrons. The number of anilines is 1. The van der Waals surface area contributed by atoms with Crippen molar-refractivity contribution in [3.05, 3.63) is 28.2 Å². The molecule has 0 saturated carbocycles. The molecule has 3 saturated heterocycles. The Labute approximate surface area is 181 Å². The maximum atomic E-state index is 13.5. The van der Waals surface area contributed by atoms with Crippen molar-refractivity contribution in [2.75, 3.05) is 44.3 Å². The second-order valence-corrected chi connectivity index (χ2v) is 8.97. The minimum absolute atomic E-state index is 0.145. The third-order valence-corrected chi connectivity index (χ3v) is 7.30. The van der Waals surface area contributed by atoms with Gasteiger partial charge in [0.2, 0.25) is 0 Å². The number of likely N-dealkylation sites (tertiary alicyclic amines) is 1. The van der Waals surface area contributed by atoms with E-state index in [0.717, 1.165) is 45.7 Å². The molecule has 0 bridgehead atoms. The first-order valence-electron chi connectivity index (χ1n) is 10.4. The largest absolute Gasteiger partial charge is 0.381 e. The monoisotopic (exact) mass is 439 g/mol. The van der Waals surface area contributed by atoms with Gasteiger partial charge in [0.05, 0.1) is 15.7 Å². The van der Waals surface area contributed by atoms with Crippen LogP contribution in [0.25, 0.3) is 0 Å². The molecule has 0 unspecified atom stereocenters. The van der Waals surface area contributed by atoms with Crippen LogP contribution in [-0.4, -0.2) is 66.7 Å². The van der Waals surface area contributed by atoms with Gasteiger partial charge in [0, 0.05) is 39.4 Å². The summed E-state index contributed by atoms with van der Waals surface area (Å²) in [6.07, 6.45) is 3.52. The third kappa shape index (κ3) is 3.76. The van der Waals surface area contributed by atoms with Gasteiger partial charge in [0.15, 0.2) is 0 Å². The predicted molar refractivity (Wildman–Crippen MR) is 114 cm³/mol. The number of imide groups is 1. The summed E-state index contributed by atoms with van der Waals surface area (Å²) in [5.41, 5.74) is -0.279. The Kier molecular flexibility index (Phi) is 6.07. The second kappa shape index (κ2) is 8.42. The average Bonchev–Trinajstić information content (AvgIpc) is 2.93. The molecule has 1 spiro atoms. The topological polar surface area (TPSA) is 53.1 Å². The lowest BCUT2D eigenvalue weighted by atomic mass is 9.85. The Balaban J connectivity index is 1.51. The molecule has 6 nitrogen and oxygen atoms in total. The first-order chi connectivity index (χ1) is 14.0. The molecule has 8 heteroatoms. The first kappa shape index (κ1) is 20.9. The molecule has 0 aromatic heterocycles. The zero-order valence-corrected chi connectivity index (χ0v) is 18.2. The summed E-state index contributed by atoms with van der Waals surface area (Å²) in [6, 6.07) is 4.62. The van der Waals surface area contributed by atoms with Gasteiger partial charge in [0.1, 0.15) is 5.54 Å². The maximum Gasteiger partial charge on any atom is 0.332 e. The van der Waals surface area contributed by atoms with E-state index in [4.69, 9.17) is 27.9 Å². The predicted octanol–water partition coefficient (Wildman–Crippen LogP) is 4.04. The Morgan fingerprint density at radius 3 is 2.41 bits per heavy atom. The average molecular weight is 440 g/mol. The number of hydrogen-bond acceptors (Lipinski definition) is 4. The Morgan fingerprint density at radius 2 is 1.79 bits per heavy atom. The minimum Gasteiger partial charge on any atom is -0.381 e. The van der Waals surface area contributed by atoms with Gasteiger partial charge in [-0.3, -0.25) is 4.79 Å².